The highest BCUT2D eigenvalue weighted by molar-refractivity contribution is 5.28. The summed E-state index contributed by atoms with van der Waals surface area (Å²) in [5.41, 5.74) is 3.11. The van der Waals surface area contributed by atoms with Crippen molar-refractivity contribution in [2.24, 2.45) is 7.05 Å². The molecule has 4 nitrogen and oxygen atoms in total. The molecule has 1 atom stereocenters. The van der Waals surface area contributed by atoms with Gasteiger partial charge in [-0.1, -0.05) is 26.2 Å². The second kappa shape index (κ2) is 6.27. The average Bonchev–Trinajstić information content (AvgIpc) is 2.67. The number of aryl methyl sites for hydroxylation is 2. The number of aliphatic hydroxyl groups is 1. The van der Waals surface area contributed by atoms with Crippen LogP contribution in [0.3, 0.4) is 0 Å². The summed E-state index contributed by atoms with van der Waals surface area (Å²) < 4.78 is 1.95. The van der Waals surface area contributed by atoms with Gasteiger partial charge in [0.25, 0.3) is 0 Å². The molecule has 1 aliphatic rings. The van der Waals surface area contributed by atoms with Crippen LogP contribution in [-0.2, 0) is 7.05 Å². The molecule has 4 heteroatoms. The molecular formula is C16H29N3O. The van der Waals surface area contributed by atoms with Crippen LogP contribution in [0.4, 0.5) is 0 Å². The van der Waals surface area contributed by atoms with Gasteiger partial charge in [0.15, 0.2) is 0 Å². The zero-order valence-corrected chi connectivity index (χ0v) is 13.4. The second-order valence-electron chi connectivity index (χ2n) is 6.33. The highest BCUT2D eigenvalue weighted by Crippen LogP contribution is 2.29. The number of hydrogen-bond donors (Lipinski definition) is 2. The van der Waals surface area contributed by atoms with Gasteiger partial charge in [-0.2, -0.15) is 5.10 Å². The first-order valence-electron chi connectivity index (χ1n) is 7.92. The molecule has 2 rings (SSSR count). The molecule has 0 aliphatic heterocycles. The van der Waals surface area contributed by atoms with E-state index in [0.717, 1.165) is 37.8 Å². The summed E-state index contributed by atoms with van der Waals surface area (Å²) >= 11 is 0. The normalized spacial score (nSPS) is 20.1. The van der Waals surface area contributed by atoms with E-state index in [1.807, 2.05) is 11.7 Å². The third kappa shape index (κ3) is 3.23. The standard InChI is InChI=1S/C16H29N3O/c1-5-14(15-12(2)18-19(4)13(15)3)17-11-16(20)9-7-6-8-10-16/h14,17,20H,5-11H2,1-4H3. The monoisotopic (exact) mass is 279 g/mol. The third-order valence-electron chi connectivity index (χ3n) is 4.78. The minimum atomic E-state index is -0.504. The summed E-state index contributed by atoms with van der Waals surface area (Å²) in [5, 5.41) is 18.7. The Bertz CT molecular complexity index is 447. The fourth-order valence-electron chi connectivity index (χ4n) is 3.44. The van der Waals surface area contributed by atoms with Crippen molar-refractivity contribution in [3.8, 4) is 0 Å². The Kier molecular flexibility index (Phi) is 4.86. The molecule has 1 heterocycles. The number of aromatic nitrogens is 2. The van der Waals surface area contributed by atoms with Gasteiger partial charge in [-0.15, -0.1) is 0 Å². The lowest BCUT2D eigenvalue weighted by molar-refractivity contribution is 0.00244. The van der Waals surface area contributed by atoms with Gasteiger partial charge < -0.3 is 10.4 Å². The minimum absolute atomic E-state index is 0.287. The van der Waals surface area contributed by atoms with E-state index >= 15 is 0 Å². The molecule has 2 N–H and O–H groups in total. The van der Waals surface area contributed by atoms with Gasteiger partial charge in [-0.05, 0) is 33.1 Å². The van der Waals surface area contributed by atoms with Crippen molar-refractivity contribution in [1.82, 2.24) is 15.1 Å². The first kappa shape index (κ1) is 15.5. The Morgan fingerprint density at radius 3 is 2.45 bits per heavy atom. The highest BCUT2D eigenvalue weighted by Gasteiger charge is 2.30. The summed E-state index contributed by atoms with van der Waals surface area (Å²) in [4.78, 5) is 0. The van der Waals surface area contributed by atoms with E-state index in [-0.39, 0.29) is 6.04 Å². The molecule has 0 radical (unpaired) electrons. The Hall–Kier alpha value is -0.870. The average molecular weight is 279 g/mol. The molecule has 1 aliphatic carbocycles. The van der Waals surface area contributed by atoms with Gasteiger partial charge in [0, 0.05) is 30.9 Å². The van der Waals surface area contributed by atoms with Crippen LogP contribution in [0.5, 0.6) is 0 Å². The van der Waals surface area contributed by atoms with Crippen molar-refractivity contribution < 1.29 is 5.11 Å². The molecule has 1 unspecified atom stereocenters. The lowest BCUT2D eigenvalue weighted by Crippen LogP contribution is -2.43. The summed E-state index contributed by atoms with van der Waals surface area (Å²) in [6, 6.07) is 0.287. The van der Waals surface area contributed by atoms with Gasteiger partial charge >= 0.3 is 0 Å². The van der Waals surface area contributed by atoms with Crippen molar-refractivity contribution in [2.45, 2.75) is 70.9 Å². The van der Waals surface area contributed by atoms with Crippen LogP contribution in [0.25, 0.3) is 0 Å². The van der Waals surface area contributed by atoms with Crippen LogP contribution >= 0.6 is 0 Å². The van der Waals surface area contributed by atoms with Gasteiger partial charge in [0.1, 0.15) is 0 Å². The van der Waals surface area contributed by atoms with Crippen LogP contribution in [0.15, 0.2) is 0 Å². The Labute approximate surface area is 122 Å². The molecule has 20 heavy (non-hydrogen) atoms. The zero-order valence-electron chi connectivity index (χ0n) is 13.4. The molecule has 1 aromatic heterocycles. The third-order valence-corrected chi connectivity index (χ3v) is 4.78. The molecule has 1 saturated carbocycles. The van der Waals surface area contributed by atoms with Crippen LogP contribution in [0.2, 0.25) is 0 Å². The summed E-state index contributed by atoms with van der Waals surface area (Å²) in [6.07, 6.45) is 6.45. The minimum Gasteiger partial charge on any atom is -0.389 e. The molecule has 1 fully saturated rings. The van der Waals surface area contributed by atoms with E-state index < -0.39 is 5.60 Å². The molecule has 0 amide bonds. The predicted octanol–water partition coefficient (Wildman–Crippen LogP) is 2.77. The first-order valence-corrected chi connectivity index (χ1v) is 7.92. The molecule has 1 aromatic rings. The van der Waals surface area contributed by atoms with Crippen LogP contribution < -0.4 is 5.32 Å². The van der Waals surface area contributed by atoms with Crippen LogP contribution in [0.1, 0.15) is 68.4 Å². The van der Waals surface area contributed by atoms with Crippen molar-refractivity contribution >= 4 is 0 Å². The zero-order chi connectivity index (χ0) is 14.8. The molecular weight excluding hydrogens is 250 g/mol. The number of hydrogen-bond acceptors (Lipinski definition) is 3. The topological polar surface area (TPSA) is 50.1 Å². The Morgan fingerprint density at radius 2 is 1.95 bits per heavy atom. The van der Waals surface area contributed by atoms with E-state index in [0.29, 0.717) is 6.54 Å². The van der Waals surface area contributed by atoms with Gasteiger partial charge in [0.05, 0.1) is 11.3 Å². The van der Waals surface area contributed by atoms with Crippen LogP contribution in [0, 0.1) is 13.8 Å². The highest BCUT2D eigenvalue weighted by atomic mass is 16.3. The predicted molar refractivity (Wildman–Crippen MR) is 81.8 cm³/mol. The Morgan fingerprint density at radius 1 is 1.30 bits per heavy atom. The number of nitrogens with zero attached hydrogens (tertiary/aromatic N) is 2. The largest absolute Gasteiger partial charge is 0.389 e. The number of nitrogens with one attached hydrogen (secondary N) is 1. The van der Waals surface area contributed by atoms with Gasteiger partial charge in [-0.25, -0.2) is 0 Å². The maximum absolute atomic E-state index is 10.6. The van der Waals surface area contributed by atoms with E-state index in [4.69, 9.17) is 0 Å². The van der Waals surface area contributed by atoms with E-state index in [9.17, 15) is 5.11 Å². The van der Waals surface area contributed by atoms with Crippen LogP contribution in [-0.4, -0.2) is 27.0 Å². The van der Waals surface area contributed by atoms with Crippen molar-refractivity contribution in [2.75, 3.05) is 6.54 Å². The lowest BCUT2D eigenvalue weighted by Gasteiger charge is -2.34. The van der Waals surface area contributed by atoms with Gasteiger partial charge in [-0.3, -0.25) is 4.68 Å². The fourth-order valence-corrected chi connectivity index (χ4v) is 3.44. The maximum atomic E-state index is 10.6. The number of rotatable bonds is 5. The quantitative estimate of drug-likeness (QED) is 0.871. The molecule has 0 aromatic carbocycles. The molecule has 0 bridgehead atoms. The molecule has 114 valence electrons. The van der Waals surface area contributed by atoms with E-state index in [1.54, 1.807) is 0 Å². The van der Waals surface area contributed by atoms with E-state index in [1.165, 1.54) is 17.7 Å². The van der Waals surface area contributed by atoms with Crippen molar-refractivity contribution in [1.29, 1.82) is 0 Å². The molecule has 0 spiro atoms. The first-order chi connectivity index (χ1) is 9.47. The SMILES string of the molecule is CCC(NCC1(O)CCCCC1)c1c(C)nn(C)c1C. The summed E-state index contributed by atoms with van der Waals surface area (Å²) in [7, 11) is 1.99. The molecule has 0 saturated heterocycles. The van der Waals surface area contributed by atoms with Gasteiger partial charge in [0.2, 0.25) is 0 Å². The van der Waals surface area contributed by atoms with Crippen molar-refractivity contribution in [3.05, 3.63) is 17.0 Å². The second-order valence-corrected chi connectivity index (χ2v) is 6.33. The summed E-state index contributed by atoms with van der Waals surface area (Å²) in [5.74, 6) is 0. The van der Waals surface area contributed by atoms with Crippen molar-refractivity contribution in [3.63, 3.8) is 0 Å². The fraction of sp³-hybridized carbons (Fsp3) is 0.812. The Balaban J connectivity index is 2.05. The maximum Gasteiger partial charge on any atom is 0.0771 e. The summed E-state index contributed by atoms with van der Waals surface area (Å²) in [6.45, 7) is 7.07. The van der Waals surface area contributed by atoms with E-state index in [2.05, 4.69) is 31.2 Å². The smallest absolute Gasteiger partial charge is 0.0771 e. The lowest BCUT2D eigenvalue weighted by atomic mass is 9.84.